The van der Waals surface area contributed by atoms with Gasteiger partial charge in [-0.05, 0) is 18.4 Å². The maximum Gasteiger partial charge on any atom is 0.338 e. The van der Waals surface area contributed by atoms with Crippen LogP contribution < -0.4 is 0 Å². The summed E-state index contributed by atoms with van der Waals surface area (Å²) in [5.74, 6) is -0.969. The number of halogens is 1. The Morgan fingerprint density at radius 1 is 1.79 bits per heavy atom. The smallest absolute Gasteiger partial charge is 0.338 e. The highest BCUT2D eigenvalue weighted by Gasteiger charge is 2.41. The van der Waals surface area contributed by atoms with Gasteiger partial charge in [0.2, 0.25) is 0 Å². The van der Waals surface area contributed by atoms with Crippen LogP contribution in [0.25, 0.3) is 0 Å². The van der Waals surface area contributed by atoms with Gasteiger partial charge in [0, 0.05) is 4.88 Å². The summed E-state index contributed by atoms with van der Waals surface area (Å²) in [5.41, 5.74) is -2.10. The molecule has 2 atom stereocenters. The van der Waals surface area contributed by atoms with Gasteiger partial charge in [0.1, 0.15) is 0 Å². The molecule has 0 fully saturated rings. The van der Waals surface area contributed by atoms with Crippen LogP contribution in [-0.2, 0) is 15.2 Å². The largest absolute Gasteiger partial charge is 0.467 e. The molecule has 0 amide bonds. The molecule has 0 spiro atoms. The van der Waals surface area contributed by atoms with Crippen molar-refractivity contribution in [2.75, 3.05) is 7.11 Å². The van der Waals surface area contributed by atoms with Crippen LogP contribution in [0.2, 0.25) is 0 Å². The molecule has 5 heteroatoms. The number of ether oxygens (including phenoxy) is 1. The molecule has 3 nitrogen and oxygen atoms in total. The number of esters is 1. The molecule has 14 heavy (non-hydrogen) atoms. The first-order valence-electron chi connectivity index (χ1n) is 3.99. The second kappa shape index (κ2) is 4.06. The minimum Gasteiger partial charge on any atom is -0.467 e. The van der Waals surface area contributed by atoms with Crippen LogP contribution in [0.1, 0.15) is 11.8 Å². The zero-order chi connectivity index (χ0) is 10.8. The first-order valence-corrected chi connectivity index (χ1v) is 4.87. The summed E-state index contributed by atoms with van der Waals surface area (Å²) in [5, 5.41) is 11.1. The van der Waals surface area contributed by atoms with Crippen LogP contribution in [-0.4, -0.2) is 24.3 Å². The number of carbonyl (C=O) groups is 1. The molecular weight excluding hydrogens is 207 g/mol. The van der Waals surface area contributed by atoms with Crippen molar-refractivity contribution in [3.63, 3.8) is 0 Å². The lowest BCUT2D eigenvalue weighted by Crippen LogP contribution is -2.39. The molecule has 0 bridgehead atoms. The zero-order valence-electron chi connectivity index (χ0n) is 7.86. The van der Waals surface area contributed by atoms with E-state index in [1.165, 1.54) is 6.07 Å². The van der Waals surface area contributed by atoms with E-state index in [1.54, 1.807) is 11.4 Å². The molecular formula is C9H11FO3S. The second-order valence-electron chi connectivity index (χ2n) is 2.98. The maximum atomic E-state index is 13.9. The van der Waals surface area contributed by atoms with E-state index in [4.69, 9.17) is 0 Å². The van der Waals surface area contributed by atoms with E-state index in [1.807, 2.05) is 0 Å². The Labute approximate surface area is 85.1 Å². The highest BCUT2D eigenvalue weighted by atomic mass is 32.1. The van der Waals surface area contributed by atoms with Gasteiger partial charge in [-0.1, -0.05) is 6.07 Å². The third-order valence-corrected chi connectivity index (χ3v) is 3.02. The lowest BCUT2D eigenvalue weighted by atomic mass is 9.99. The quantitative estimate of drug-likeness (QED) is 0.781. The van der Waals surface area contributed by atoms with Gasteiger partial charge in [-0.3, -0.25) is 0 Å². The number of aliphatic hydroxyl groups is 1. The molecule has 1 N–H and O–H groups in total. The van der Waals surface area contributed by atoms with Crippen molar-refractivity contribution in [3.05, 3.63) is 22.4 Å². The van der Waals surface area contributed by atoms with Crippen molar-refractivity contribution in [2.24, 2.45) is 0 Å². The van der Waals surface area contributed by atoms with E-state index >= 15 is 0 Å². The van der Waals surface area contributed by atoms with E-state index in [2.05, 4.69) is 4.74 Å². The summed E-state index contributed by atoms with van der Waals surface area (Å²) < 4.78 is 18.2. The van der Waals surface area contributed by atoms with Crippen molar-refractivity contribution >= 4 is 17.3 Å². The number of hydrogen-bond acceptors (Lipinski definition) is 4. The fraction of sp³-hybridized carbons (Fsp3) is 0.444. The molecule has 2 unspecified atom stereocenters. The van der Waals surface area contributed by atoms with Crippen LogP contribution in [0.3, 0.4) is 0 Å². The van der Waals surface area contributed by atoms with Crippen molar-refractivity contribution in [1.82, 2.24) is 0 Å². The Hall–Kier alpha value is -0.940. The van der Waals surface area contributed by atoms with Gasteiger partial charge in [0.25, 0.3) is 0 Å². The summed E-state index contributed by atoms with van der Waals surface area (Å²) in [6.45, 7) is 1.15. The molecule has 1 aromatic heterocycles. The van der Waals surface area contributed by atoms with Crippen LogP contribution >= 0.6 is 11.3 Å². The number of rotatable bonds is 3. The van der Waals surface area contributed by atoms with Crippen molar-refractivity contribution in [3.8, 4) is 0 Å². The Kier molecular flexibility index (Phi) is 3.23. The predicted octanol–water partition coefficient (Wildman–Crippen LogP) is 1.47. The van der Waals surface area contributed by atoms with Crippen LogP contribution in [0.15, 0.2) is 17.5 Å². The topological polar surface area (TPSA) is 46.5 Å². The van der Waals surface area contributed by atoms with Crippen molar-refractivity contribution < 1.29 is 19.0 Å². The number of hydrogen-bond donors (Lipinski definition) is 1. The predicted molar refractivity (Wildman–Crippen MR) is 50.8 cm³/mol. The van der Waals surface area contributed by atoms with Gasteiger partial charge in [0.05, 0.1) is 7.11 Å². The lowest BCUT2D eigenvalue weighted by molar-refractivity contribution is -0.159. The van der Waals surface area contributed by atoms with Gasteiger partial charge < -0.3 is 9.84 Å². The third-order valence-electron chi connectivity index (χ3n) is 1.94. The molecule has 0 aliphatic heterocycles. The maximum absolute atomic E-state index is 13.9. The molecule has 0 saturated heterocycles. The van der Waals surface area contributed by atoms with Gasteiger partial charge in [-0.25, -0.2) is 9.18 Å². The molecule has 1 rings (SSSR count). The number of thiophene rings is 1. The molecule has 1 heterocycles. The summed E-state index contributed by atoms with van der Waals surface area (Å²) in [7, 11) is 1.11. The SMILES string of the molecule is COC(=O)C(O)C(C)(F)c1cccs1. The van der Waals surface area contributed by atoms with Crippen molar-refractivity contribution in [2.45, 2.75) is 18.7 Å². The standard InChI is InChI=1S/C9H11FO3S/c1-9(10,6-4-3-5-14-6)7(11)8(12)13-2/h3-5,7,11H,1-2H3. The third kappa shape index (κ3) is 1.93. The van der Waals surface area contributed by atoms with E-state index < -0.39 is 17.7 Å². The molecule has 0 aromatic carbocycles. The number of aliphatic hydroxyl groups excluding tert-OH is 1. The second-order valence-corrected chi connectivity index (χ2v) is 3.93. The summed E-state index contributed by atoms with van der Waals surface area (Å²) in [4.78, 5) is 11.2. The van der Waals surface area contributed by atoms with Gasteiger partial charge in [0.15, 0.2) is 11.8 Å². The summed E-state index contributed by atoms with van der Waals surface area (Å²) in [6, 6.07) is 3.18. The van der Waals surface area contributed by atoms with Crippen LogP contribution in [0.4, 0.5) is 4.39 Å². The van der Waals surface area contributed by atoms with Gasteiger partial charge >= 0.3 is 5.97 Å². The molecule has 1 aromatic rings. The first kappa shape index (κ1) is 11.1. The Balaban J connectivity index is 2.90. The highest BCUT2D eigenvalue weighted by molar-refractivity contribution is 7.10. The minimum atomic E-state index is -2.10. The van der Waals surface area contributed by atoms with E-state index in [0.717, 1.165) is 25.4 Å². The summed E-state index contributed by atoms with van der Waals surface area (Å²) in [6.07, 6.45) is -1.79. The van der Waals surface area contributed by atoms with Crippen LogP contribution in [0.5, 0.6) is 0 Å². The Morgan fingerprint density at radius 2 is 2.43 bits per heavy atom. The molecule has 0 aliphatic rings. The van der Waals surface area contributed by atoms with E-state index in [9.17, 15) is 14.3 Å². The fourth-order valence-corrected chi connectivity index (χ4v) is 1.83. The monoisotopic (exact) mass is 218 g/mol. The average Bonchev–Trinajstić information content (AvgIpc) is 2.68. The molecule has 0 saturated carbocycles. The van der Waals surface area contributed by atoms with E-state index in [0.29, 0.717) is 4.88 Å². The highest BCUT2D eigenvalue weighted by Crippen LogP contribution is 2.33. The average molecular weight is 218 g/mol. The zero-order valence-corrected chi connectivity index (χ0v) is 8.68. The van der Waals surface area contributed by atoms with E-state index in [-0.39, 0.29) is 0 Å². The number of methoxy groups -OCH3 is 1. The fourth-order valence-electron chi connectivity index (χ4n) is 1.02. The number of alkyl halides is 1. The minimum absolute atomic E-state index is 0.301. The van der Waals surface area contributed by atoms with Crippen molar-refractivity contribution in [1.29, 1.82) is 0 Å². The Bertz CT molecular complexity index is 308. The first-order chi connectivity index (χ1) is 6.50. The van der Waals surface area contributed by atoms with Gasteiger partial charge in [-0.2, -0.15) is 0 Å². The molecule has 0 radical (unpaired) electrons. The molecule has 78 valence electrons. The summed E-state index contributed by atoms with van der Waals surface area (Å²) >= 11 is 1.14. The number of carbonyl (C=O) groups excluding carboxylic acids is 1. The normalized spacial score (nSPS) is 17.1. The Morgan fingerprint density at radius 3 is 2.86 bits per heavy atom. The molecule has 0 aliphatic carbocycles. The lowest BCUT2D eigenvalue weighted by Gasteiger charge is -2.22. The van der Waals surface area contributed by atoms with Gasteiger partial charge in [-0.15, -0.1) is 11.3 Å². The van der Waals surface area contributed by atoms with Crippen LogP contribution in [0, 0.1) is 0 Å².